The van der Waals surface area contributed by atoms with Crippen molar-refractivity contribution in [2.24, 2.45) is 0 Å². The molecule has 23 heavy (non-hydrogen) atoms. The number of ether oxygens (including phenoxy) is 1. The summed E-state index contributed by atoms with van der Waals surface area (Å²) >= 11 is 0. The number of rotatable bonds is 5. The van der Waals surface area contributed by atoms with E-state index in [0.717, 1.165) is 12.8 Å². The maximum absolute atomic E-state index is 12.8. The molecule has 0 aliphatic carbocycles. The summed E-state index contributed by atoms with van der Waals surface area (Å²) in [7, 11) is -3.59. The third kappa shape index (κ3) is 2.99. The van der Waals surface area contributed by atoms with Crippen LogP contribution >= 0.6 is 0 Å². The van der Waals surface area contributed by atoms with Crippen LogP contribution in [0.1, 0.15) is 12.8 Å². The Bertz CT molecular complexity index is 844. The van der Waals surface area contributed by atoms with Crippen LogP contribution in [0.15, 0.2) is 35.4 Å². The first kappa shape index (κ1) is 15.7. The molecule has 1 saturated heterocycles. The topological polar surface area (TPSA) is 96.8 Å². The minimum atomic E-state index is -3.59. The van der Waals surface area contributed by atoms with Crippen molar-refractivity contribution in [3.8, 4) is 5.75 Å². The molecule has 0 atom stereocenters. The standard InChI is InChI=1S/C15H16N2O5S/c18-14(19)10-22-12-5-6-13(11-4-3-7-16-15(11)12)23(20,21)17-8-1-2-9-17/h3-7H,1-2,8-10H2,(H,18,19). The molecule has 122 valence electrons. The number of hydrogen-bond donors (Lipinski definition) is 1. The lowest BCUT2D eigenvalue weighted by atomic mass is 10.2. The Kier molecular flexibility index (Phi) is 4.18. The van der Waals surface area contributed by atoms with Crippen molar-refractivity contribution < 1.29 is 23.1 Å². The monoisotopic (exact) mass is 336 g/mol. The van der Waals surface area contributed by atoms with E-state index in [2.05, 4.69) is 4.98 Å². The fourth-order valence-corrected chi connectivity index (χ4v) is 4.37. The SMILES string of the molecule is O=C(O)COc1ccc(S(=O)(=O)N2CCCC2)c2cccnc12. The third-order valence-corrected chi connectivity index (χ3v) is 5.68. The van der Waals surface area contributed by atoms with Crippen LogP contribution in [-0.2, 0) is 14.8 Å². The zero-order valence-corrected chi connectivity index (χ0v) is 13.1. The van der Waals surface area contributed by atoms with Gasteiger partial charge in [0, 0.05) is 24.7 Å². The van der Waals surface area contributed by atoms with Crippen molar-refractivity contribution in [3.05, 3.63) is 30.5 Å². The number of fused-ring (bicyclic) bond motifs is 1. The molecule has 0 bridgehead atoms. The summed E-state index contributed by atoms with van der Waals surface area (Å²) in [5, 5.41) is 9.16. The first-order chi connectivity index (χ1) is 11.0. The molecule has 8 heteroatoms. The first-order valence-electron chi connectivity index (χ1n) is 7.22. The molecule has 2 aromatic rings. The Morgan fingerprint density at radius 3 is 2.70 bits per heavy atom. The van der Waals surface area contributed by atoms with E-state index >= 15 is 0 Å². The van der Waals surface area contributed by atoms with Gasteiger partial charge in [0.05, 0.1) is 4.90 Å². The fraction of sp³-hybridized carbons (Fsp3) is 0.333. The summed E-state index contributed by atoms with van der Waals surface area (Å²) in [6.45, 7) is 0.520. The molecule has 0 spiro atoms. The van der Waals surface area contributed by atoms with E-state index in [4.69, 9.17) is 9.84 Å². The van der Waals surface area contributed by atoms with Crippen LogP contribution in [0, 0.1) is 0 Å². The highest BCUT2D eigenvalue weighted by Crippen LogP contribution is 2.32. The number of aliphatic carboxylic acids is 1. The zero-order valence-electron chi connectivity index (χ0n) is 12.3. The number of sulfonamides is 1. The fourth-order valence-electron chi connectivity index (χ4n) is 2.67. The molecule has 1 aromatic carbocycles. The average Bonchev–Trinajstić information content (AvgIpc) is 3.07. The quantitative estimate of drug-likeness (QED) is 0.888. The van der Waals surface area contributed by atoms with Gasteiger partial charge in [0.2, 0.25) is 10.0 Å². The number of aromatic nitrogens is 1. The lowest BCUT2D eigenvalue weighted by Gasteiger charge is -2.17. The van der Waals surface area contributed by atoms with Crippen molar-refractivity contribution in [3.63, 3.8) is 0 Å². The number of carboxylic acids is 1. The summed E-state index contributed by atoms with van der Waals surface area (Å²) < 4.78 is 32.2. The maximum Gasteiger partial charge on any atom is 0.341 e. The van der Waals surface area contributed by atoms with Crippen LogP contribution in [-0.4, -0.2) is 48.5 Å². The van der Waals surface area contributed by atoms with Gasteiger partial charge in [-0.3, -0.25) is 4.98 Å². The minimum Gasteiger partial charge on any atom is -0.480 e. The van der Waals surface area contributed by atoms with Crippen molar-refractivity contribution in [1.82, 2.24) is 9.29 Å². The highest BCUT2D eigenvalue weighted by atomic mass is 32.2. The van der Waals surface area contributed by atoms with E-state index in [9.17, 15) is 13.2 Å². The van der Waals surface area contributed by atoms with Crippen LogP contribution in [0.4, 0.5) is 0 Å². The Hall–Kier alpha value is -2.19. The summed E-state index contributed by atoms with van der Waals surface area (Å²) in [5.41, 5.74) is 0.342. The predicted octanol–water partition coefficient (Wildman–Crippen LogP) is 1.48. The van der Waals surface area contributed by atoms with Crippen molar-refractivity contribution in [2.75, 3.05) is 19.7 Å². The molecule has 2 heterocycles. The Morgan fingerprint density at radius 1 is 1.26 bits per heavy atom. The van der Waals surface area contributed by atoms with Crippen LogP contribution in [0.25, 0.3) is 10.9 Å². The van der Waals surface area contributed by atoms with Gasteiger partial charge in [0.1, 0.15) is 11.3 Å². The van der Waals surface area contributed by atoms with Crippen LogP contribution in [0.3, 0.4) is 0 Å². The molecule has 1 N–H and O–H groups in total. The minimum absolute atomic E-state index is 0.171. The number of pyridine rings is 1. The van der Waals surface area contributed by atoms with Crippen LogP contribution < -0.4 is 4.74 Å². The Balaban J connectivity index is 2.09. The molecule has 0 saturated carbocycles. The lowest BCUT2D eigenvalue weighted by molar-refractivity contribution is -0.139. The second kappa shape index (κ2) is 6.13. The molecule has 1 aromatic heterocycles. The Labute approximate surface area is 133 Å². The molecule has 1 fully saturated rings. The van der Waals surface area contributed by atoms with Crippen molar-refractivity contribution in [1.29, 1.82) is 0 Å². The number of benzene rings is 1. The summed E-state index contributed by atoms with van der Waals surface area (Å²) in [5.74, 6) is -0.855. The van der Waals surface area contributed by atoms with E-state index in [0.29, 0.717) is 24.0 Å². The van der Waals surface area contributed by atoms with Gasteiger partial charge in [-0.25, -0.2) is 13.2 Å². The normalized spacial score (nSPS) is 15.8. The first-order valence-corrected chi connectivity index (χ1v) is 8.66. The molecular formula is C15H16N2O5S. The van der Waals surface area contributed by atoms with Gasteiger partial charge in [0.25, 0.3) is 0 Å². The van der Waals surface area contributed by atoms with E-state index in [-0.39, 0.29) is 10.6 Å². The van der Waals surface area contributed by atoms with Gasteiger partial charge >= 0.3 is 5.97 Å². The number of hydrogen-bond acceptors (Lipinski definition) is 5. The van der Waals surface area contributed by atoms with Crippen molar-refractivity contribution in [2.45, 2.75) is 17.7 Å². The number of carboxylic acid groups (broad SMARTS) is 1. The summed E-state index contributed by atoms with van der Waals surface area (Å²) in [6, 6.07) is 6.21. The lowest BCUT2D eigenvalue weighted by Crippen LogP contribution is -2.28. The molecule has 3 rings (SSSR count). The van der Waals surface area contributed by atoms with Crippen LogP contribution in [0.5, 0.6) is 5.75 Å². The highest BCUT2D eigenvalue weighted by molar-refractivity contribution is 7.89. The molecule has 0 radical (unpaired) electrons. The van der Waals surface area contributed by atoms with Crippen molar-refractivity contribution >= 4 is 26.9 Å². The zero-order chi connectivity index (χ0) is 16.4. The maximum atomic E-state index is 12.8. The van der Waals surface area contributed by atoms with Gasteiger partial charge in [-0.05, 0) is 37.1 Å². The molecule has 7 nitrogen and oxygen atoms in total. The summed E-state index contributed by atoms with van der Waals surface area (Å²) in [4.78, 5) is 15.0. The molecule has 0 amide bonds. The second-order valence-corrected chi connectivity index (χ2v) is 7.16. The molecule has 0 unspecified atom stereocenters. The Morgan fingerprint density at radius 2 is 2.00 bits per heavy atom. The molecule has 1 aliphatic rings. The largest absolute Gasteiger partial charge is 0.480 e. The van der Waals surface area contributed by atoms with Gasteiger partial charge in [-0.15, -0.1) is 0 Å². The van der Waals surface area contributed by atoms with Gasteiger partial charge < -0.3 is 9.84 Å². The number of carbonyl (C=O) groups is 1. The van der Waals surface area contributed by atoms with Gasteiger partial charge in [-0.1, -0.05) is 0 Å². The molecular weight excluding hydrogens is 320 g/mol. The van der Waals surface area contributed by atoms with Gasteiger partial charge in [0.15, 0.2) is 6.61 Å². The van der Waals surface area contributed by atoms with Gasteiger partial charge in [-0.2, -0.15) is 4.31 Å². The number of nitrogens with zero attached hydrogens (tertiary/aromatic N) is 2. The molecule has 1 aliphatic heterocycles. The van der Waals surface area contributed by atoms with Crippen LogP contribution in [0.2, 0.25) is 0 Å². The average molecular weight is 336 g/mol. The predicted molar refractivity (Wildman–Crippen MR) is 82.9 cm³/mol. The van der Waals surface area contributed by atoms with E-state index < -0.39 is 22.6 Å². The third-order valence-electron chi connectivity index (χ3n) is 3.73. The van der Waals surface area contributed by atoms with E-state index in [1.165, 1.54) is 22.6 Å². The summed E-state index contributed by atoms with van der Waals surface area (Å²) in [6.07, 6.45) is 3.23. The highest BCUT2D eigenvalue weighted by Gasteiger charge is 2.29. The smallest absolute Gasteiger partial charge is 0.341 e. The second-order valence-electron chi connectivity index (χ2n) is 5.26. The van der Waals surface area contributed by atoms with E-state index in [1.807, 2.05) is 0 Å². The van der Waals surface area contributed by atoms with E-state index in [1.54, 1.807) is 12.1 Å².